The average molecular weight is 469 g/mol. The first-order chi connectivity index (χ1) is 16.2. The number of likely N-dealkylation sites (tertiary alicyclic amines) is 1. The number of nitrogens with zero attached hydrogens (tertiary/aromatic N) is 1. The molecule has 0 bridgehead atoms. The van der Waals surface area contributed by atoms with Crippen molar-refractivity contribution in [3.63, 3.8) is 0 Å². The molecule has 1 aromatic carbocycles. The molecule has 0 spiro atoms. The van der Waals surface area contributed by atoms with Gasteiger partial charge in [-0.1, -0.05) is 69.5 Å². The zero-order valence-corrected chi connectivity index (χ0v) is 21.3. The van der Waals surface area contributed by atoms with Crippen LogP contribution in [0.5, 0.6) is 5.75 Å². The van der Waals surface area contributed by atoms with Crippen molar-refractivity contribution in [2.24, 2.45) is 5.92 Å². The smallest absolute Gasteiger partial charge is 0.410 e. The summed E-state index contributed by atoms with van der Waals surface area (Å²) >= 11 is 0. The fourth-order valence-corrected chi connectivity index (χ4v) is 3.17. The highest BCUT2D eigenvalue weighted by molar-refractivity contribution is 5.80. The summed E-state index contributed by atoms with van der Waals surface area (Å²) in [6, 6.07) is 7.61. The number of ether oxygens (including phenoxy) is 2. The molecule has 186 valence electrons. The van der Waals surface area contributed by atoms with Gasteiger partial charge in [-0.3, -0.25) is 4.79 Å². The highest BCUT2D eigenvalue weighted by Gasteiger charge is 2.33. The summed E-state index contributed by atoms with van der Waals surface area (Å²) in [6.45, 7) is 18.6. The molecule has 1 aliphatic heterocycles. The highest BCUT2D eigenvalue weighted by Crippen LogP contribution is 2.20. The van der Waals surface area contributed by atoms with Crippen LogP contribution in [0, 0.1) is 5.92 Å². The number of carbonyl (C=O) groups excluding carboxylic acids is 2. The number of allylic oxidation sites excluding steroid dienone is 4. The predicted octanol–water partition coefficient (Wildman–Crippen LogP) is 5.82. The third-order valence-corrected chi connectivity index (χ3v) is 4.78. The van der Waals surface area contributed by atoms with Gasteiger partial charge < -0.3 is 19.7 Å². The Bertz CT molecular complexity index is 863. The Labute approximate surface area is 205 Å². The van der Waals surface area contributed by atoms with Gasteiger partial charge in [0.1, 0.15) is 18.0 Å². The van der Waals surface area contributed by atoms with Gasteiger partial charge in [-0.15, -0.1) is 0 Å². The largest absolute Gasteiger partial charge is 0.489 e. The van der Waals surface area contributed by atoms with Gasteiger partial charge in [-0.2, -0.15) is 0 Å². The van der Waals surface area contributed by atoms with Gasteiger partial charge in [0.15, 0.2) is 0 Å². The first-order valence-electron chi connectivity index (χ1n) is 11.8. The summed E-state index contributed by atoms with van der Waals surface area (Å²) in [6.07, 6.45) is 9.35. The van der Waals surface area contributed by atoms with E-state index in [-0.39, 0.29) is 17.9 Å². The zero-order valence-electron chi connectivity index (χ0n) is 21.3. The fraction of sp³-hybridized carbons (Fsp3) is 0.429. The molecule has 2 amide bonds. The molecule has 1 aromatic rings. The molecule has 1 aliphatic rings. The normalized spacial score (nSPS) is 15.9. The van der Waals surface area contributed by atoms with Crippen LogP contribution in [0.25, 0.3) is 0 Å². The van der Waals surface area contributed by atoms with Crippen LogP contribution in [0.1, 0.15) is 46.6 Å². The minimum Gasteiger partial charge on any atom is -0.489 e. The third kappa shape index (κ3) is 10.6. The second-order valence-electron chi connectivity index (χ2n) is 8.63. The average Bonchev–Trinajstić information content (AvgIpc) is 3.31. The summed E-state index contributed by atoms with van der Waals surface area (Å²) in [5.74, 6) is 0.472. The molecule has 6 nitrogen and oxygen atoms in total. The lowest BCUT2D eigenvalue weighted by atomic mass is 10.1. The Balaban J connectivity index is 0.00000281. The Morgan fingerprint density at radius 3 is 2.41 bits per heavy atom. The van der Waals surface area contributed by atoms with E-state index in [1.165, 1.54) is 0 Å². The van der Waals surface area contributed by atoms with Crippen molar-refractivity contribution in [2.45, 2.75) is 53.2 Å². The lowest BCUT2D eigenvalue weighted by molar-refractivity contribution is -0.124. The van der Waals surface area contributed by atoms with E-state index in [0.29, 0.717) is 32.7 Å². The molecule has 0 aromatic heterocycles. The van der Waals surface area contributed by atoms with Crippen molar-refractivity contribution in [1.82, 2.24) is 10.2 Å². The molecule has 0 aliphatic carbocycles. The number of hydrogen-bond donors (Lipinski definition) is 1. The molecular formula is C28H40N2O4. The monoisotopic (exact) mass is 468 g/mol. The molecule has 1 N–H and O–H groups in total. The van der Waals surface area contributed by atoms with E-state index in [0.717, 1.165) is 16.9 Å². The number of nitrogens with one attached hydrogen (secondary N) is 1. The van der Waals surface area contributed by atoms with Crippen LogP contribution >= 0.6 is 0 Å². The molecule has 0 saturated carbocycles. The maximum atomic E-state index is 12.5. The molecule has 2 rings (SSSR count). The number of amides is 2. The second kappa shape index (κ2) is 14.8. The van der Waals surface area contributed by atoms with Gasteiger partial charge in [0, 0.05) is 19.6 Å². The molecular weight excluding hydrogens is 428 g/mol. The lowest BCUT2D eigenvalue weighted by Gasteiger charge is -2.24. The minimum absolute atomic E-state index is 0.0513. The van der Waals surface area contributed by atoms with Crippen LogP contribution in [0.2, 0.25) is 0 Å². The van der Waals surface area contributed by atoms with Gasteiger partial charge in [0.25, 0.3) is 0 Å². The molecule has 6 heteroatoms. The van der Waals surface area contributed by atoms with E-state index < -0.39 is 5.60 Å². The molecule has 1 unspecified atom stereocenters. The van der Waals surface area contributed by atoms with Crippen LogP contribution in [-0.4, -0.2) is 42.2 Å². The first-order valence-corrected chi connectivity index (χ1v) is 11.8. The second-order valence-corrected chi connectivity index (χ2v) is 8.63. The number of rotatable bonds is 9. The van der Waals surface area contributed by atoms with Gasteiger partial charge in [-0.25, -0.2) is 4.79 Å². The quantitative estimate of drug-likeness (QED) is 0.464. The lowest BCUT2D eigenvalue weighted by Crippen LogP contribution is -2.37. The molecule has 1 saturated heterocycles. The molecule has 0 radical (unpaired) electrons. The van der Waals surface area contributed by atoms with Crippen molar-refractivity contribution in [2.75, 3.05) is 19.7 Å². The van der Waals surface area contributed by atoms with E-state index in [1.54, 1.807) is 17.1 Å². The number of benzene rings is 1. The van der Waals surface area contributed by atoms with Crippen LogP contribution < -0.4 is 10.1 Å². The summed E-state index contributed by atoms with van der Waals surface area (Å²) in [5, 5.41) is 2.96. The standard InChI is InChI=1S/C26H34N2O4.C2H6/c1-6-8-10-21(9-7-2)19-31-23-13-11-20(12-14-23)17-27-24(29)22-15-16-28(18-22)25(30)32-26(3,4)5;1-2/h6-14,22H,1-2,15-19H2,3-5H3,(H,27,29);1-2H3/b10-8-,21-9+;. The van der Waals surface area contributed by atoms with Crippen molar-refractivity contribution in [1.29, 1.82) is 0 Å². The maximum Gasteiger partial charge on any atom is 0.410 e. The van der Waals surface area contributed by atoms with E-state index in [9.17, 15) is 9.59 Å². The Morgan fingerprint density at radius 1 is 1.15 bits per heavy atom. The summed E-state index contributed by atoms with van der Waals surface area (Å²) in [7, 11) is 0. The maximum absolute atomic E-state index is 12.5. The molecule has 1 atom stereocenters. The first kappa shape index (κ1) is 28.8. The van der Waals surface area contributed by atoms with Crippen LogP contribution in [0.15, 0.2) is 73.4 Å². The summed E-state index contributed by atoms with van der Waals surface area (Å²) in [5.41, 5.74) is 1.41. The Morgan fingerprint density at radius 2 is 1.82 bits per heavy atom. The van der Waals surface area contributed by atoms with Crippen LogP contribution in [0.4, 0.5) is 4.79 Å². The summed E-state index contributed by atoms with van der Waals surface area (Å²) in [4.78, 5) is 26.3. The fourth-order valence-electron chi connectivity index (χ4n) is 3.17. The SMILES string of the molecule is C=C/C=C\C(=C/C=C)COc1ccc(CNC(=O)C2CCN(C(=O)OC(C)(C)C)C2)cc1.CC. The van der Waals surface area contributed by atoms with E-state index in [1.807, 2.05) is 77.1 Å². The molecule has 34 heavy (non-hydrogen) atoms. The van der Waals surface area contributed by atoms with Gasteiger partial charge in [0.05, 0.1) is 5.92 Å². The van der Waals surface area contributed by atoms with Crippen LogP contribution in [-0.2, 0) is 16.1 Å². The predicted molar refractivity (Wildman–Crippen MR) is 139 cm³/mol. The van der Waals surface area contributed by atoms with Gasteiger partial charge in [-0.05, 0) is 50.5 Å². The number of carbonyl (C=O) groups is 2. The number of hydrogen-bond acceptors (Lipinski definition) is 4. The zero-order chi connectivity index (χ0) is 25.6. The molecule has 1 heterocycles. The third-order valence-electron chi connectivity index (χ3n) is 4.78. The molecule has 1 fully saturated rings. The Hall–Kier alpha value is -3.28. The van der Waals surface area contributed by atoms with Crippen molar-refractivity contribution in [3.8, 4) is 5.75 Å². The highest BCUT2D eigenvalue weighted by atomic mass is 16.6. The van der Waals surface area contributed by atoms with Crippen molar-refractivity contribution >= 4 is 12.0 Å². The summed E-state index contributed by atoms with van der Waals surface area (Å²) < 4.78 is 11.2. The van der Waals surface area contributed by atoms with Gasteiger partial charge in [0.2, 0.25) is 5.91 Å². The van der Waals surface area contributed by atoms with Crippen molar-refractivity contribution < 1.29 is 19.1 Å². The Kier molecular flexibility index (Phi) is 12.5. The topological polar surface area (TPSA) is 67.9 Å². The van der Waals surface area contributed by atoms with E-state index in [2.05, 4.69) is 18.5 Å². The minimum atomic E-state index is -0.543. The van der Waals surface area contributed by atoms with Crippen molar-refractivity contribution in [3.05, 3.63) is 78.9 Å². The van der Waals surface area contributed by atoms with E-state index in [4.69, 9.17) is 9.47 Å². The van der Waals surface area contributed by atoms with Crippen LogP contribution in [0.3, 0.4) is 0 Å². The van der Waals surface area contributed by atoms with E-state index >= 15 is 0 Å². The van der Waals surface area contributed by atoms with Gasteiger partial charge >= 0.3 is 6.09 Å².